The minimum absolute atomic E-state index is 0.0141. The maximum Gasteiger partial charge on any atom is 0.224 e. The van der Waals surface area contributed by atoms with E-state index in [1.807, 2.05) is 44.2 Å². The molecule has 1 aromatic rings. The molecule has 1 heterocycles. The zero-order chi connectivity index (χ0) is 26.9. The largest absolute Gasteiger partial charge is 0.402 e. The molecule has 1 saturated heterocycles. The summed E-state index contributed by atoms with van der Waals surface area (Å²) in [6.45, 7) is 7.41. The van der Waals surface area contributed by atoms with E-state index in [0.717, 1.165) is 16.7 Å². The molecule has 1 aromatic carbocycles. The van der Waals surface area contributed by atoms with Crippen molar-refractivity contribution in [3.63, 3.8) is 0 Å². The molecule has 1 aliphatic heterocycles. The van der Waals surface area contributed by atoms with Crippen molar-refractivity contribution in [2.45, 2.75) is 81.9 Å². The topological polar surface area (TPSA) is 151 Å². The number of aliphatic hydroxyl groups excluding tert-OH is 3. The number of amides is 1. The molecule has 36 heavy (non-hydrogen) atoms. The first-order chi connectivity index (χ1) is 16.9. The third-order valence-corrected chi connectivity index (χ3v) is 7.38. The monoisotopic (exact) mass is 521 g/mol. The maximum atomic E-state index is 12.0. The number of aliphatic hydroxyl groups is 3. The number of ether oxygens (including phenoxy) is 1. The minimum Gasteiger partial charge on any atom is -0.402 e. The van der Waals surface area contributed by atoms with Gasteiger partial charge in [0.15, 0.2) is 0 Å². The van der Waals surface area contributed by atoms with E-state index < -0.39 is 17.9 Å². The van der Waals surface area contributed by atoms with Crippen LogP contribution in [0, 0.1) is 5.92 Å². The first-order valence-corrected chi connectivity index (χ1v) is 13.4. The Hall–Kier alpha value is -1.88. The summed E-state index contributed by atoms with van der Waals surface area (Å²) in [4.78, 5) is 12.0. The van der Waals surface area contributed by atoms with Crippen LogP contribution in [0.15, 0.2) is 41.6 Å². The van der Waals surface area contributed by atoms with Crippen molar-refractivity contribution in [1.29, 1.82) is 0 Å². The zero-order valence-electron chi connectivity index (χ0n) is 21.8. The van der Waals surface area contributed by atoms with Crippen molar-refractivity contribution in [1.82, 2.24) is 5.32 Å². The van der Waals surface area contributed by atoms with E-state index >= 15 is 0 Å². The van der Waals surface area contributed by atoms with Gasteiger partial charge in [0.2, 0.25) is 5.91 Å². The number of carbonyl (C=O) groups is 1. The van der Waals surface area contributed by atoms with Crippen LogP contribution >= 0.6 is 11.8 Å². The van der Waals surface area contributed by atoms with Gasteiger partial charge in [-0.05, 0) is 49.3 Å². The number of allylic oxidation sites excluding steroid dienone is 1. The van der Waals surface area contributed by atoms with E-state index in [0.29, 0.717) is 25.0 Å². The summed E-state index contributed by atoms with van der Waals surface area (Å²) in [6.07, 6.45) is 4.17. The van der Waals surface area contributed by atoms with Gasteiger partial charge >= 0.3 is 0 Å². The standard InChI is InChI=1S/C27H43N3O5S/c1-17(2)25(28)22(26(29)35-24-14-20(33)13-21(15-31)36-24)12-19-10-8-18(9-11-19)6-5-7-23(34)30-27(3,4)16-32/h5-6,8-11,17,20-21,24,26,31-33H,7,12-16,28-29H2,1-4H3,(H,30,34)/b6-5+,25-22-. The number of thioether (sulfide) groups is 1. The molecule has 202 valence electrons. The lowest BCUT2D eigenvalue weighted by Gasteiger charge is -2.33. The van der Waals surface area contributed by atoms with Crippen LogP contribution in [-0.2, 0) is 16.0 Å². The Morgan fingerprint density at radius 1 is 1.25 bits per heavy atom. The number of hydrogen-bond acceptors (Lipinski definition) is 8. The molecule has 1 amide bonds. The van der Waals surface area contributed by atoms with Gasteiger partial charge in [-0.25, -0.2) is 0 Å². The molecule has 0 aromatic heterocycles. The van der Waals surface area contributed by atoms with Gasteiger partial charge in [-0.15, -0.1) is 11.8 Å². The maximum absolute atomic E-state index is 12.0. The first kappa shape index (κ1) is 30.3. The second kappa shape index (κ2) is 14.2. The molecule has 8 N–H and O–H groups in total. The van der Waals surface area contributed by atoms with Crippen LogP contribution in [0.1, 0.15) is 58.1 Å². The van der Waals surface area contributed by atoms with Crippen molar-refractivity contribution in [2.75, 3.05) is 13.2 Å². The summed E-state index contributed by atoms with van der Waals surface area (Å²) >= 11 is 1.50. The number of hydrogen-bond donors (Lipinski definition) is 6. The van der Waals surface area contributed by atoms with Crippen LogP contribution in [-0.4, -0.2) is 63.0 Å². The van der Waals surface area contributed by atoms with Gasteiger partial charge in [0, 0.05) is 23.8 Å². The molecular weight excluding hydrogens is 478 g/mol. The second-order valence-corrected chi connectivity index (χ2v) is 11.8. The van der Waals surface area contributed by atoms with E-state index in [2.05, 4.69) is 5.32 Å². The highest BCUT2D eigenvalue weighted by molar-refractivity contribution is 8.00. The van der Waals surface area contributed by atoms with E-state index in [4.69, 9.17) is 16.2 Å². The highest BCUT2D eigenvalue weighted by Crippen LogP contribution is 2.34. The molecule has 1 aliphatic rings. The van der Waals surface area contributed by atoms with Crippen LogP contribution in [0.3, 0.4) is 0 Å². The molecule has 8 nitrogen and oxygen atoms in total. The normalized spacial score (nSPS) is 22.5. The lowest BCUT2D eigenvalue weighted by Crippen LogP contribution is -2.46. The third-order valence-electron chi connectivity index (χ3n) is 6.04. The molecular formula is C27H43N3O5S. The molecule has 9 heteroatoms. The fraction of sp³-hybridized carbons (Fsp3) is 0.593. The van der Waals surface area contributed by atoms with Gasteiger partial charge in [-0.1, -0.05) is 50.3 Å². The number of nitrogens with two attached hydrogens (primary N) is 2. The van der Waals surface area contributed by atoms with Gasteiger partial charge in [-0.2, -0.15) is 0 Å². The van der Waals surface area contributed by atoms with E-state index in [1.54, 1.807) is 19.9 Å². The van der Waals surface area contributed by atoms with E-state index in [9.17, 15) is 20.1 Å². The Morgan fingerprint density at radius 2 is 1.92 bits per heavy atom. The predicted molar refractivity (Wildman–Crippen MR) is 146 cm³/mol. The first-order valence-electron chi connectivity index (χ1n) is 12.4. The van der Waals surface area contributed by atoms with Crippen molar-refractivity contribution in [3.8, 4) is 0 Å². The van der Waals surface area contributed by atoms with Crippen molar-refractivity contribution in [3.05, 3.63) is 52.7 Å². The Balaban J connectivity index is 2.04. The Labute approximate surface area is 219 Å². The number of rotatable bonds is 12. The Bertz CT molecular complexity index is 901. The third kappa shape index (κ3) is 9.88. The van der Waals surface area contributed by atoms with Gasteiger partial charge in [-0.3, -0.25) is 4.79 Å². The summed E-state index contributed by atoms with van der Waals surface area (Å²) < 4.78 is 6.11. The average Bonchev–Trinajstić information content (AvgIpc) is 2.82. The molecule has 0 radical (unpaired) electrons. The molecule has 2 rings (SSSR count). The van der Waals surface area contributed by atoms with Crippen LogP contribution < -0.4 is 16.8 Å². The smallest absolute Gasteiger partial charge is 0.224 e. The van der Waals surface area contributed by atoms with E-state index in [1.165, 1.54) is 11.8 Å². The predicted octanol–water partition coefficient (Wildman–Crippen LogP) is 2.26. The highest BCUT2D eigenvalue weighted by atomic mass is 32.2. The fourth-order valence-corrected chi connectivity index (χ4v) is 5.24. The Kier molecular flexibility index (Phi) is 11.9. The van der Waals surface area contributed by atoms with Gasteiger partial charge in [0.1, 0.15) is 11.7 Å². The number of benzene rings is 1. The second-order valence-electron chi connectivity index (χ2n) is 10.3. The summed E-state index contributed by atoms with van der Waals surface area (Å²) in [7, 11) is 0. The fourth-order valence-electron chi connectivity index (χ4n) is 3.87. The number of nitrogens with one attached hydrogen (secondary N) is 1. The molecule has 0 saturated carbocycles. The van der Waals surface area contributed by atoms with Crippen molar-refractivity contribution in [2.24, 2.45) is 17.4 Å². The minimum atomic E-state index is -0.726. The van der Waals surface area contributed by atoms with Crippen LogP contribution in [0.4, 0.5) is 0 Å². The van der Waals surface area contributed by atoms with Crippen LogP contribution in [0.25, 0.3) is 6.08 Å². The van der Waals surface area contributed by atoms with Crippen LogP contribution in [0.5, 0.6) is 0 Å². The van der Waals surface area contributed by atoms with Gasteiger partial charge < -0.3 is 36.8 Å². The highest BCUT2D eigenvalue weighted by Gasteiger charge is 2.31. The molecule has 4 unspecified atom stereocenters. The molecule has 0 bridgehead atoms. The lowest BCUT2D eigenvalue weighted by molar-refractivity contribution is -0.122. The van der Waals surface area contributed by atoms with E-state index in [-0.39, 0.29) is 42.1 Å². The quantitative estimate of drug-likeness (QED) is 0.229. The summed E-state index contributed by atoms with van der Waals surface area (Å²) in [6, 6.07) is 7.93. The Morgan fingerprint density at radius 3 is 2.50 bits per heavy atom. The number of carbonyl (C=O) groups excluding carboxylic acids is 1. The summed E-state index contributed by atoms with van der Waals surface area (Å²) in [5, 5.41) is 31.6. The van der Waals surface area contributed by atoms with Gasteiger partial charge in [0.25, 0.3) is 0 Å². The molecule has 1 fully saturated rings. The summed E-state index contributed by atoms with van der Waals surface area (Å²) in [5.74, 6) is -0.0580. The average molecular weight is 522 g/mol. The SMILES string of the molecule is CC(C)/C(N)=C(\Cc1ccc(/C=C/CC(=O)NC(C)(C)CO)cc1)C(N)OC1CC(O)CC(CO)S1. The molecule has 0 aliphatic carbocycles. The molecule has 4 atom stereocenters. The lowest BCUT2D eigenvalue weighted by atomic mass is 9.96. The molecule has 0 spiro atoms. The van der Waals surface area contributed by atoms with Crippen LogP contribution in [0.2, 0.25) is 0 Å². The van der Waals surface area contributed by atoms with Crippen molar-refractivity contribution < 1.29 is 24.9 Å². The van der Waals surface area contributed by atoms with Crippen molar-refractivity contribution >= 4 is 23.7 Å². The van der Waals surface area contributed by atoms with Gasteiger partial charge in [0.05, 0.1) is 24.9 Å². The zero-order valence-corrected chi connectivity index (χ0v) is 22.6. The summed E-state index contributed by atoms with van der Waals surface area (Å²) in [5.41, 5.74) is 15.4.